The van der Waals surface area contributed by atoms with Gasteiger partial charge in [0, 0.05) is 58.0 Å². The third-order valence-corrected chi connectivity index (χ3v) is 5.49. The average molecular weight is 408 g/mol. The summed E-state index contributed by atoms with van der Waals surface area (Å²) in [6, 6.07) is 11.1. The Morgan fingerprint density at radius 3 is 2.76 bits per heavy atom. The van der Waals surface area contributed by atoms with Gasteiger partial charge in [0.05, 0.1) is 6.54 Å². The van der Waals surface area contributed by atoms with E-state index < -0.39 is 0 Å². The first-order valence-electron chi connectivity index (χ1n) is 9.34. The Labute approximate surface area is 171 Å². The Bertz CT molecular complexity index is 1210. The number of piperazine rings is 1. The van der Waals surface area contributed by atoms with Crippen molar-refractivity contribution in [2.24, 2.45) is 0 Å². The summed E-state index contributed by atoms with van der Waals surface area (Å²) in [5, 5.41) is 2.51. The second-order valence-electron chi connectivity index (χ2n) is 7.21. The Balaban J connectivity index is 1.28. The maximum Gasteiger partial charge on any atom is 0.270 e. The van der Waals surface area contributed by atoms with E-state index in [4.69, 9.17) is 11.6 Å². The highest BCUT2D eigenvalue weighted by molar-refractivity contribution is 6.31. The molecule has 2 N–H and O–H groups in total. The minimum atomic E-state index is -0.179. The highest BCUT2D eigenvalue weighted by atomic mass is 35.5. The van der Waals surface area contributed by atoms with E-state index in [1.165, 1.54) is 0 Å². The number of carbonyl (C=O) groups excluding carboxylic acids is 2. The molecule has 0 unspecified atom stereocenters. The molecule has 1 fully saturated rings. The van der Waals surface area contributed by atoms with Crippen molar-refractivity contribution in [3.05, 3.63) is 65.2 Å². The van der Waals surface area contributed by atoms with Crippen LogP contribution < -0.4 is 0 Å². The predicted molar refractivity (Wildman–Crippen MR) is 111 cm³/mol. The third-order valence-electron chi connectivity index (χ3n) is 5.26. The number of nitrogens with zero attached hydrogens (tertiary/aromatic N) is 3. The van der Waals surface area contributed by atoms with Crippen LogP contribution in [0.5, 0.6) is 0 Å². The lowest BCUT2D eigenvalue weighted by molar-refractivity contribution is -0.135. The molecule has 3 aromatic heterocycles. The molecular formula is C21H18ClN5O2. The van der Waals surface area contributed by atoms with E-state index in [9.17, 15) is 9.59 Å². The fraction of sp³-hybridized carbons (Fsp3) is 0.190. The fourth-order valence-electron chi connectivity index (χ4n) is 3.76. The van der Waals surface area contributed by atoms with Crippen molar-refractivity contribution in [2.75, 3.05) is 19.6 Å². The van der Waals surface area contributed by atoms with Crippen LogP contribution in [0.4, 0.5) is 0 Å². The number of fused-ring (bicyclic) bond motifs is 2. The molecule has 1 saturated heterocycles. The molecule has 1 aromatic carbocycles. The summed E-state index contributed by atoms with van der Waals surface area (Å²) in [6.45, 7) is 1.53. The molecular weight excluding hydrogens is 390 g/mol. The van der Waals surface area contributed by atoms with Gasteiger partial charge in [-0.3, -0.25) is 14.6 Å². The molecule has 7 nitrogen and oxygen atoms in total. The van der Waals surface area contributed by atoms with Crippen molar-refractivity contribution in [1.29, 1.82) is 0 Å². The molecule has 0 spiro atoms. The first-order chi connectivity index (χ1) is 14.1. The van der Waals surface area contributed by atoms with E-state index >= 15 is 0 Å². The Morgan fingerprint density at radius 1 is 1.07 bits per heavy atom. The van der Waals surface area contributed by atoms with Gasteiger partial charge in [-0.2, -0.15) is 0 Å². The Hall–Kier alpha value is -3.32. The molecule has 1 aliphatic rings. The smallest absolute Gasteiger partial charge is 0.270 e. The van der Waals surface area contributed by atoms with Crippen LogP contribution in [0.15, 0.2) is 48.8 Å². The van der Waals surface area contributed by atoms with E-state index in [0.29, 0.717) is 30.4 Å². The fourth-order valence-corrected chi connectivity index (χ4v) is 3.94. The molecule has 4 heterocycles. The van der Waals surface area contributed by atoms with E-state index in [1.807, 2.05) is 24.3 Å². The average Bonchev–Trinajstić information content (AvgIpc) is 3.31. The van der Waals surface area contributed by atoms with Gasteiger partial charge < -0.3 is 19.8 Å². The number of aromatic amines is 2. The number of hydrogen-bond donors (Lipinski definition) is 2. The van der Waals surface area contributed by atoms with Crippen LogP contribution in [0.3, 0.4) is 0 Å². The summed E-state index contributed by atoms with van der Waals surface area (Å²) in [5.41, 5.74) is 3.26. The van der Waals surface area contributed by atoms with Gasteiger partial charge in [-0.1, -0.05) is 11.6 Å². The minimum absolute atomic E-state index is 0.0662. The number of halogens is 1. The largest absolute Gasteiger partial charge is 0.357 e. The van der Waals surface area contributed by atoms with Gasteiger partial charge in [0.1, 0.15) is 12.2 Å². The van der Waals surface area contributed by atoms with Crippen molar-refractivity contribution in [3.63, 3.8) is 0 Å². The summed E-state index contributed by atoms with van der Waals surface area (Å²) in [4.78, 5) is 39.4. The first kappa shape index (κ1) is 17.8. The van der Waals surface area contributed by atoms with Gasteiger partial charge in [-0.15, -0.1) is 0 Å². The van der Waals surface area contributed by atoms with Crippen LogP contribution >= 0.6 is 11.6 Å². The molecule has 8 heteroatoms. The van der Waals surface area contributed by atoms with E-state index in [-0.39, 0.29) is 18.4 Å². The molecule has 146 valence electrons. The monoisotopic (exact) mass is 407 g/mol. The van der Waals surface area contributed by atoms with E-state index in [0.717, 1.165) is 27.5 Å². The van der Waals surface area contributed by atoms with Crippen molar-refractivity contribution >= 4 is 45.2 Å². The molecule has 0 saturated carbocycles. The van der Waals surface area contributed by atoms with E-state index in [1.54, 1.807) is 34.3 Å². The van der Waals surface area contributed by atoms with Gasteiger partial charge in [0.25, 0.3) is 5.91 Å². The molecule has 0 aliphatic carbocycles. The number of aromatic nitrogens is 3. The molecule has 1 aliphatic heterocycles. The van der Waals surface area contributed by atoms with Crippen LogP contribution in [0.25, 0.3) is 21.8 Å². The van der Waals surface area contributed by atoms with Crippen LogP contribution in [0.1, 0.15) is 16.2 Å². The summed E-state index contributed by atoms with van der Waals surface area (Å²) in [7, 11) is 0. The maximum absolute atomic E-state index is 12.9. The highest BCUT2D eigenvalue weighted by Gasteiger charge is 2.28. The molecule has 2 amide bonds. The summed E-state index contributed by atoms with van der Waals surface area (Å²) < 4.78 is 0. The summed E-state index contributed by atoms with van der Waals surface area (Å²) in [6.07, 6.45) is 3.53. The van der Waals surface area contributed by atoms with Crippen molar-refractivity contribution < 1.29 is 9.59 Å². The van der Waals surface area contributed by atoms with Gasteiger partial charge in [-0.25, -0.2) is 0 Å². The lowest BCUT2D eigenvalue weighted by Gasteiger charge is -2.34. The normalized spacial score (nSPS) is 14.9. The predicted octanol–water partition coefficient (Wildman–Crippen LogP) is 3.18. The Kier molecular flexibility index (Phi) is 4.24. The SMILES string of the molecule is O=C1CN(C(=O)c2cc3cc(Cl)ccc3[nH]2)CCN1Cc1cc2cnccc2[nH]1. The lowest BCUT2D eigenvalue weighted by Crippen LogP contribution is -2.51. The van der Waals surface area contributed by atoms with Gasteiger partial charge in [0.2, 0.25) is 5.91 Å². The zero-order valence-electron chi connectivity index (χ0n) is 15.5. The maximum atomic E-state index is 12.9. The van der Waals surface area contributed by atoms with Crippen LogP contribution in [0, 0.1) is 0 Å². The number of rotatable bonds is 3. The minimum Gasteiger partial charge on any atom is -0.357 e. The second-order valence-corrected chi connectivity index (χ2v) is 7.65. The number of hydrogen-bond acceptors (Lipinski definition) is 3. The van der Waals surface area contributed by atoms with Gasteiger partial charge >= 0.3 is 0 Å². The highest BCUT2D eigenvalue weighted by Crippen LogP contribution is 2.22. The standard InChI is InChI=1S/C21H18ClN5O2/c22-15-1-2-17-13(7-15)9-19(25-17)21(29)27-6-5-26(20(28)12-27)11-16-8-14-10-23-4-3-18(14)24-16/h1-4,7-10,24-25H,5-6,11-12H2. The molecule has 0 bridgehead atoms. The number of amides is 2. The number of benzene rings is 1. The zero-order chi connectivity index (χ0) is 20.0. The second kappa shape index (κ2) is 6.93. The zero-order valence-corrected chi connectivity index (χ0v) is 16.2. The summed E-state index contributed by atoms with van der Waals surface area (Å²) in [5.74, 6) is -0.248. The van der Waals surface area contributed by atoms with Crippen molar-refractivity contribution in [2.45, 2.75) is 6.54 Å². The summed E-state index contributed by atoms with van der Waals surface area (Å²) >= 11 is 6.02. The van der Waals surface area contributed by atoms with Gasteiger partial charge in [0.15, 0.2) is 0 Å². The van der Waals surface area contributed by atoms with Gasteiger partial charge in [-0.05, 0) is 36.4 Å². The number of pyridine rings is 1. The third kappa shape index (κ3) is 3.34. The topological polar surface area (TPSA) is 85.1 Å². The molecule has 5 rings (SSSR count). The van der Waals surface area contributed by atoms with Crippen molar-refractivity contribution in [1.82, 2.24) is 24.8 Å². The van der Waals surface area contributed by atoms with E-state index in [2.05, 4.69) is 15.0 Å². The quantitative estimate of drug-likeness (QED) is 0.547. The molecule has 4 aromatic rings. The van der Waals surface area contributed by atoms with Crippen LogP contribution in [-0.2, 0) is 11.3 Å². The van der Waals surface area contributed by atoms with Crippen LogP contribution in [-0.4, -0.2) is 56.2 Å². The molecule has 29 heavy (non-hydrogen) atoms. The lowest BCUT2D eigenvalue weighted by atomic mass is 10.2. The molecule has 0 atom stereocenters. The first-order valence-corrected chi connectivity index (χ1v) is 9.71. The Morgan fingerprint density at radius 2 is 1.93 bits per heavy atom. The van der Waals surface area contributed by atoms with Crippen LogP contribution in [0.2, 0.25) is 5.02 Å². The number of H-pyrrole nitrogens is 2. The number of carbonyl (C=O) groups is 2. The number of nitrogens with one attached hydrogen (secondary N) is 2. The van der Waals surface area contributed by atoms with Crippen molar-refractivity contribution in [3.8, 4) is 0 Å². The molecule has 0 radical (unpaired) electrons.